The Morgan fingerprint density at radius 2 is 2.12 bits per heavy atom. The van der Waals surface area contributed by atoms with Gasteiger partial charge in [-0.2, -0.15) is 0 Å². The molecule has 1 aromatic heterocycles. The highest BCUT2D eigenvalue weighted by molar-refractivity contribution is 5.28. The van der Waals surface area contributed by atoms with Crippen molar-refractivity contribution in [3.63, 3.8) is 0 Å². The van der Waals surface area contributed by atoms with Crippen LogP contribution >= 0.6 is 0 Å². The van der Waals surface area contributed by atoms with Crippen molar-refractivity contribution in [2.45, 2.75) is 52.0 Å². The Balaban J connectivity index is 1.55. The number of rotatable bonds is 10. The third-order valence-corrected chi connectivity index (χ3v) is 4.55. The predicted molar refractivity (Wildman–Crippen MR) is 93.1 cm³/mol. The number of aliphatic hydroxyl groups excluding tert-OH is 1. The second kappa shape index (κ2) is 8.29. The van der Waals surface area contributed by atoms with Gasteiger partial charge in [0.25, 0.3) is 0 Å². The Morgan fingerprint density at radius 1 is 1.25 bits per heavy atom. The van der Waals surface area contributed by atoms with Crippen LogP contribution in [0.4, 0.5) is 0 Å². The molecule has 0 bridgehead atoms. The summed E-state index contributed by atoms with van der Waals surface area (Å²) in [5.74, 6) is 1.74. The highest BCUT2D eigenvalue weighted by atomic mass is 16.5. The van der Waals surface area contributed by atoms with E-state index in [1.54, 1.807) is 0 Å². The summed E-state index contributed by atoms with van der Waals surface area (Å²) in [5.41, 5.74) is 3.44. The maximum absolute atomic E-state index is 8.94. The van der Waals surface area contributed by atoms with Crippen LogP contribution in [-0.2, 0) is 19.4 Å². The van der Waals surface area contributed by atoms with E-state index in [0.717, 1.165) is 56.2 Å². The van der Waals surface area contributed by atoms with E-state index in [1.165, 1.54) is 24.1 Å². The number of hydrogen-bond donors (Lipinski definition) is 1. The van der Waals surface area contributed by atoms with E-state index in [2.05, 4.69) is 28.5 Å². The maximum atomic E-state index is 8.94. The fourth-order valence-electron chi connectivity index (χ4n) is 2.84. The highest BCUT2D eigenvalue weighted by Gasteiger charge is 2.21. The van der Waals surface area contributed by atoms with Crippen molar-refractivity contribution in [1.29, 1.82) is 0 Å². The number of aromatic nitrogens is 3. The van der Waals surface area contributed by atoms with Crippen LogP contribution < -0.4 is 4.74 Å². The maximum Gasteiger partial charge on any atom is 0.119 e. The van der Waals surface area contributed by atoms with Gasteiger partial charge in [0.15, 0.2) is 0 Å². The SMILES string of the molecule is Cc1nnn(CCc2cccc(OCC3CC3)c2)c1CCCCO. The van der Waals surface area contributed by atoms with Gasteiger partial charge in [-0.05, 0) is 69.1 Å². The van der Waals surface area contributed by atoms with Gasteiger partial charge >= 0.3 is 0 Å². The molecular formula is C19H27N3O2. The molecule has 0 unspecified atom stereocenters. The molecule has 0 atom stereocenters. The van der Waals surface area contributed by atoms with Gasteiger partial charge in [0.2, 0.25) is 0 Å². The van der Waals surface area contributed by atoms with Gasteiger partial charge in [0, 0.05) is 13.2 Å². The van der Waals surface area contributed by atoms with Gasteiger partial charge < -0.3 is 9.84 Å². The lowest BCUT2D eigenvalue weighted by molar-refractivity contribution is 0.284. The third kappa shape index (κ3) is 4.81. The minimum absolute atomic E-state index is 0.244. The number of nitrogens with zero attached hydrogens (tertiary/aromatic N) is 3. The summed E-state index contributed by atoms with van der Waals surface area (Å²) in [7, 11) is 0. The second-order valence-corrected chi connectivity index (χ2v) is 6.68. The highest BCUT2D eigenvalue weighted by Crippen LogP contribution is 2.29. The molecule has 5 nitrogen and oxygen atoms in total. The first kappa shape index (κ1) is 17.0. The molecular weight excluding hydrogens is 302 g/mol. The summed E-state index contributed by atoms with van der Waals surface area (Å²) in [4.78, 5) is 0. The molecule has 0 amide bonds. The molecule has 1 aromatic carbocycles. The summed E-state index contributed by atoms with van der Waals surface area (Å²) < 4.78 is 7.86. The second-order valence-electron chi connectivity index (χ2n) is 6.68. The van der Waals surface area contributed by atoms with Gasteiger partial charge in [-0.25, -0.2) is 4.68 Å². The first-order valence-corrected chi connectivity index (χ1v) is 8.98. The van der Waals surface area contributed by atoms with E-state index in [4.69, 9.17) is 9.84 Å². The first-order chi connectivity index (χ1) is 11.8. The van der Waals surface area contributed by atoms with Crippen LogP contribution in [0.15, 0.2) is 24.3 Å². The monoisotopic (exact) mass is 329 g/mol. The summed E-state index contributed by atoms with van der Waals surface area (Å²) in [6.45, 7) is 3.92. The Morgan fingerprint density at radius 3 is 2.92 bits per heavy atom. The normalized spacial score (nSPS) is 14.1. The lowest BCUT2D eigenvalue weighted by atomic mass is 10.1. The number of ether oxygens (including phenoxy) is 1. The minimum Gasteiger partial charge on any atom is -0.493 e. The molecule has 1 heterocycles. The van der Waals surface area contributed by atoms with Crippen molar-refractivity contribution >= 4 is 0 Å². The average Bonchev–Trinajstić information content (AvgIpc) is 3.36. The molecule has 1 fully saturated rings. The first-order valence-electron chi connectivity index (χ1n) is 8.98. The minimum atomic E-state index is 0.244. The summed E-state index contributed by atoms with van der Waals surface area (Å²) >= 11 is 0. The Bertz CT molecular complexity index is 650. The van der Waals surface area contributed by atoms with E-state index in [-0.39, 0.29) is 6.61 Å². The average molecular weight is 329 g/mol. The van der Waals surface area contributed by atoms with E-state index < -0.39 is 0 Å². The molecule has 24 heavy (non-hydrogen) atoms. The lowest BCUT2D eigenvalue weighted by Crippen LogP contribution is -2.09. The number of hydrogen-bond acceptors (Lipinski definition) is 4. The van der Waals surface area contributed by atoms with E-state index in [9.17, 15) is 0 Å². The number of aliphatic hydroxyl groups is 1. The van der Waals surface area contributed by atoms with E-state index in [0.29, 0.717) is 0 Å². The summed E-state index contributed by atoms with van der Waals surface area (Å²) in [5, 5.41) is 17.4. The Hall–Kier alpha value is -1.88. The van der Waals surface area contributed by atoms with Crippen molar-refractivity contribution in [1.82, 2.24) is 15.0 Å². The van der Waals surface area contributed by atoms with Crippen molar-refractivity contribution < 1.29 is 9.84 Å². The largest absolute Gasteiger partial charge is 0.493 e. The van der Waals surface area contributed by atoms with Crippen molar-refractivity contribution in [2.24, 2.45) is 5.92 Å². The van der Waals surface area contributed by atoms with Gasteiger partial charge in [-0.3, -0.25) is 0 Å². The van der Waals surface area contributed by atoms with Gasteiger partial charge in [0.05, 0.1) is 18.0 Å². The molecule has 5 heteroatoms. The van der Waals surface area contributed by atoms with Crippen LogP contribution in [0.25, 0.3) is 0 Å². The van der Waals surface area contributed by atoms with Crippen LogP contribution in [-0.4, -0.2) is 33.3 Å². The number of unbranched alkanes of at least 4 members (excludes halogenated alkanes) is 1. The fraction of sp³-hybridized carbons (Fsp3) is 0.579. The third-order valence-electron chi connectivity index (χ3n) is 4.55. The fourth-order valence-corrected chi connectivity index (χ4v) is 2.84. The Labute approximate surface area is 143 Å². The molecule has 0 radical (unpaired) electrons. The molecule has 0 saturated heterocycles. The molecule has 1 N–H and O–H groups in total. The zero-order valence-electron chi connectivity index (χ0n) is 14.4. The van der Waals surface area contributed by atoms with Crippen molar-refractivity contribution in [3.05, 3.63) is 41.2 Å². The van der Waals surface area contributed by atoms with Crippen molar-refractivity contribution in [2.75, 3.05) is 13.2 Å². The van der Waals surface area contributed by atoms with E-state index in [1.807, 2.05) is 17.7 Å². The number of benzene rings is 1. The number of aryl methyl sites for hydroxylation is 3. The van der Waals surface area contributed by atoms with Crippen LogP contribution in [0.1, 0.15) is 42.6 Å². The summed E-state index contributed by atoms with van der Waals surface area (Å²) in [6.07, 6.45) is 6.25. The molecule has 1 aliphatic carbocycles. The van der Waals surface area contributed by atoms with Crippen molar-refractivity contribution in [3.8, 4) is 5.75 Å². The topological polar surface area (TPSA) is 60.2 Å². The summed E-state index contributed by atoms with van der Waals surface area (Å²) in [6, 6.07) is 8.37. The predicted octanol–water partition coefficient (Wildman–Crippen LogP) is 2.93. The van der Waals surface area contributed by atoms with Gasteiger partial charge in [0.1, 0.15) is 5.75 Å². The molecule has 0 aliphatic heterocycles. The molecule has 1 saturated carbocycles. The van der Waals surface area contributed by atoms with Crippen LogP contribution in [0.2, 0.25) is 0 Å². The molecule has 2 aromatic rings. The lowest BCUT2D eigenvalue weighted by Gasteiger charge is -2.09. The zero-order chi connectivity index (χ0) is 16.8. The van der Waals surface area contributed by atoms with Gasteiger partial charge in [-0.1, -0.05) is 17.3 Å². The smallest absolute Gasteiger partial charge is 0.119 e. The van der Waals surface area contributed by atoms with E-state index >= 15 is 0 Å². The standard InChI is InChI=1S/C19H27N3O2/c1-15-19(7-2-3-12-23)22(21-20-15)11-10-16-5-4-6-18(13-16)24-14-17-8-9-17/h4-6,13,17,23H,2-3,7-12,14H2,1H3. The molecule has 1 aliphatic rings. The molecule has 0 spiro atoms. The Kier molecular flexibility index (Phi) is 5.86. The zero-order valence-corrected chi connectivity index (χ0v) is 14.4. The molecule has 130 valence electrons. The van der Waals surface area contributed by atoms with Crippen LogP contribution in [0.5, 0.6) is 5.75 Å². The van der Waals surface area contributed by atoms with Gasteiger partial charge in [-0.15, -0.1) is 5.10 Å². The molecule has 3 rings (SSSR count). The van der Waals surface area contributed by atoms with Crippen LogP contribution in [0, 0.1) is 12.8 Å². The quantitative estimate of drug-likeness (QED) is 0.681. The van der Waals surface area contributed by atoms with Crippen LogP contribution in [0.3, 0.4) is 0 Å².